The van der Waals surface area contributed by atoms with Crippen LogP contribution in [-0.4, -0.2) is 27.2 Å². The molecule has 6 nitrogen and oxygen atoms in total. The maximum absolute atomic E-state index is 12.7. The molecule has 0 radical (unpaired) electrons. The van der Waals surface area contributed by atoms with Gasteiger partial charge in [-0.15, -0.1) is 11.8 Å². The Morgan fingerprint density at radius 1 is 0.967 bits per heavy atom. The first-order valence-electron chi connectivity index (χ1n) is 9.22. The molecule has 1 amide bonds. The van der Waals surface area contributed by atoms with Gasteiger partial charge >= 0.3 is 0 Å². The van der Waals surface area contributed by atoms with Crippen molar-refractivity contribution in [1.29, 1.82) is 0 Å². The summed E-state index contributed by atoms with van der Waals surface area (Å²) < 4.78 is 33.4. The minimum Gasteiger partial charge on any atom is -0.494 e. The van der Waals surface area contributed by atoms with Gasteiger partial charge in [0.25, 0.3) is 15.9 Å². The molecule has 30 heavy (non-hydrogen) atoms. The first-order chi connectivity index (χ1) is 14.4. The number of amides is 1. The standard InChI is InChI=1S/C22H22N2O4S2/c1-3-28-19-11-7-18(8-12-19)24-30(26,27)21-6-4-5-16(15-21)22(25)23-17-9-13-20(29-2)14-10-17/h4-15,24H,3H2,1-2H3,(H,23,25). The number of ether oxygens (including phenoxy) is 1. The lowest BCUT2D eigenvalue weighted by Gasteiger charge is -2.11. The molecule has 0 aliphatic carbocycles. The minimum atomic E-state index is -3.85. The molecule has 0 aliphatic heterocycles. The van der Waals surface area contributed by atoms with Crippen molar-refractivity contribution in [3.63, 3.8) is 0 Å². The molecule has 3 aromatic carbocycles. The van der Waals surface area contributed by atoms with Crippen molar-refractivity contribution in [2.45, 2.75) is 16.7 Å². The quantitative estimate of drug-likeness (QED) is 0.487. The molecule has 0 atom stereocenters. The van der Waals surface area contributed by atoms with Crippen molar-refractivity contribution in [3.8, 4) is 5.75 Å². The third-order valence-electron chi connectivity index (χ3n) is 4.17. The summed E-state index contributed by atoms with van der Waals surface area (Å²) in [6.45, 7) is 2.40. The van der Waals surface area contributed by atoms with Gasteiger partial charge in [0.2, 0.25) is 0 Å². The molecule has 0 saturated heterocycles. The Labute approximate surface area is 180 Å². The first kappa shape index (κ1) is 21.7. The maximum Gasteiger partial charge on any atom is 0.261 e. The van der Waals surface area contributed by atoms with Crippen LogP contribution in [0.4, 0.5) is 11.4 Å². The Morgan fingerprint density at radius 3 is 2.27 bits per heavy atom. The minimum absolute atomic E-state index is 0.00163. The van der Waals surface area contributed by atoms with E-state index in [2.05, 4.69) is 10.0 Å². The van der Waals surface area contributed by atoms with Gasteiger partial charge in [-0.25, -0.2) is 8.42 Å². The summed E-state index contributed by atoms with van der Waals surface area (Å²) in [5, 5.41) is 2.78. The second kappa shape index (κ2) is 9.69. The van der Waals surface area contributed by atoms with Crippen LogP contribution in [0.25, 0.3) is 0 Å². The van der Waals surface area contributed by atoms with E-state index in [4.69, 9.17) is 4.74 Å². The van der Waals surface area contributed by atoms with Crippen LogP contribution < -0.4 is 14.8 Å². The fraction of sp³-hybridized carbons (Fsp3) is 0.136. The van der Waals surface area contributed by atoms with E-state index in [-0.39, 0.29) is 16.4 Å². The van der Waals surface area contributed by atoms with Crippen LogP contribution in [0, 0.1) is 0 Å². The molecule has 156 valence electrons. The largest absolute Gasteiger partial charge is 0.494 e. The van der Waals surface area contributed by atoms with Gasteiger partial charge in [0.05, 0.1) is 11.5 Å². The van der Waals surface area contributed by atoms with Gasteiger partial charge in [-0.1, -0.05) is 6.07 Å². The van der Waals surface area contributed by atoms with Crippen molar-refractivity contribution in [1.82, 2.24) is 0 Å². The van der Waals surface area contributed by atoms with E-state index >= 15 is 0 Å². The van der Waals surface area contributed by atoms with Crippen molar-refractivity contribution in [2.75, 3.05) is 22.9 Å². The lowest BCUT2D eigenvalue weighted by Crippen LogP contribution is -2.16. The average Bonchev–Trinajstić information content (AvgIpc) is 2.76. The van der Waals surface area contributed by atoms with Gasteiger partial charge in [0, 0.05) is 21.8 Å². The van der Waals surface area contributed by atoms with Crippen LogP contribution in [0.2, 0.25) is 0 Å². The summed E-state index contributed by atoms with van der Waals surface area (Å²) in [7, 11) is -3.85. The summed E-state index contributed by atoms with van der Waals surface area (Å²) in [5.41, 5.74) is 1.29. The van der Waals surface area contributed by atoms with Crippen LogP contribution >= 0.6 is 11.8 Å². The molecular weight excluding hydrogens is 420 g/mol. The number of nitrogens with one attached hydrogen (secondary N) is 2. The van der Waals surface area contributed by atoms with Gasteiger partial charge in [-0.2, -0.15) is 0 Å². The summed E-state index contributed by atoms with van der Waals surface area (Å²) in [5.74, 6) is 0.273. The number of benzene rings is 3. The molecule has 0 fully saturated rings. The fourth-order valence-corrected chi connectivity index (χ4v) is 4.19. The van der Waals surface area contributed by atoms with E-state index in [9.17, 15) is 13.2 Å². The number of anilines is 2. The van der Waals surface area contributed by atoms with E-state index in [0.717, 1.165) is 4.90 Å². The molecule has 0 unspecified atom stereocenters. The average molecular weight is 443 g/mol. The van der Waals surface area contributed by atoms with Crippen LogP contribution in [0.5, 0.6) is 5.75 Å². The molecule has 3 rings (SSSR count). The molecule has 0 spiro atoms. The summed E-state index contributed by atoms with van der Waals surface area (Å²) in [4.78, 5) is 13.6. The lowest BCUT2D eigenvalue weighted by molar-refractivity contribution is 0.102. The molecule has 0 aromatic heterocycles. The van der Waals surface area contributed by atoms with Crippen LogP contribution in [0.1, 0.15) is 17.3 Å². The highest BCUT2D eigenvalue weighted by atomic mass is 32.2. The van der Waals surface area contributed by atoms with Crippen LogP contribution in [0.3, 0.4) is 0 Å². The van der Waals surface area contributed by atoms with E-state index in [1.807, 2.05) is 25.3 Å². The molecule has 0 heterocycles. The van der Waals surface area contributed by atoms with Crippen LogP contribution in [0.15, 0.2) is 82.6 Å². The molecule has 8 heteroatoms. The number of carbonyl (C=O) groups excluding carboxylic acids is 1. The van der Waals surface area contributed by atoms with E-state index in [0.29, 0.717) is 23.7 Å². The Balaban J connectivity index is 1.74. The highest BCUT2D eigenvalue weighted by molar-refractivity contribution is 7.98. The van der Waals surface area contributed by atoms with E-state index < -0.39 is 10.0 Å². The third-order valence-corrected chi connectivity index (χ3v) is 6.29. The van der Waals surface area contributed by atoms with E-state index in [1.165, 1.54) is 12.1 Å². The zero-order valence-corrected chi connectivity index (χ0v) is 18.2. The van der Waals surface area contributed by atoms with Crippen molar-refractivity contribution < 1.29 is 17.9 Å². The van der Waals surface area contributed by atoms with Crippen molar-refractivity contribution in [3.05, 3.63) is 78.4 Å². The maximum atomic E-state index is 12.7. The highest BCUT2D eigenvalue weighted by Crippen LogP contribution is 2.21. The third kappa shape index (κ3) is 5.55. The molecule has 0 saturated carbocycles. The Bertz CT molecular complexity index is 1110. The number of hydrogen-bond acceptors (Lipinski definition) is 5. The predicted molar refractivity (Wildman–Crippen MR) is 121 cm³/mol. The molecule has 3 aromatic rings. The van der Waals surface area contributed by atoms with Gasteiger partial charge in [0.1, 0.15) is 5.75 Å². The molecule has 0 aliphatic rings. The number of sulfonamides is 1. The number of thioether (sulfide) groups is 1. The fourth-order valence-electron chi connectivity index (χ4n) is 2.68. The van der Waals surface area contributed by atoms with Crippen molar-refractivity contribution >= 4 is 39.1 Å². The lowest BCUT2D eigenvalue weighted by atomic mass is 10.2. The van der Waals surface area contributed by atoms with Gasteiger partial charge < -0.3 is 10.1 Å². The van der Waals surface area contributed by atoms with Crippen LogP contribution in [-0.2, 0) is 10.0 Å². The topological polar surface area (TPSA) is 84.5 Å². The zero-order valence-electron chi connectivity index (χ0n) is 16.6. The molecule has 0 bridgehead atoms. The second-order valence-electron chi connectivity index (χ2n) is 6.27. The highest BCUT2D eigenvalue weighted by Gasteiger charge is 2.17. The molecule has 2 N–H and O–H groups in total. The molecular formula is C22H22N2O4S2. The predicted octanol–water partition coefficient (Wildman–Crippen LogP) is 4.86. The zero-order chi connectivity index (χ0) is 21.6. The SMILES string of the molecule is CCOc1ccc(NS(=O)(=O)c2cccc(C(=O)Nc3ccc(SC)cc3)c2)cc1. The monoisotopic (exact) mass is 442 g/mol. The Hall–Kier alpha value is -2.97. The smallest absolute Gasteiger partial charge is 0.261 e. The van der Waals surface area contributed by atoms with Crippen molar-refractivity contribution in [2.24, 2.45) is 0 Å². The number of rotatable bonds is 8. The summed E-state index contributed by atoms with van der Waals surface area (Å²) in [6.07, 6.45) is 1.97. The number of hydrogen-bond donors (Lipinski definition) is 2. The summed E-state index contributed by atoms with van der Waals surface area (Å²) >= 11 is 1.61. The van der Waals surface area contributed by atoms with E-state index in [1.54, 1.807) is 60.3 Å². The normalized spacial score (nSPS) is 11.0. The summed E-state index contributed by atoms with van der Waals surface area (Å²) in [6, 6.07) is 19.9. The van der Waals surface area contributed by atoms with Gasteiger partial charge in [-0.3, -0.25) is 9.52 Å². The Kier molecular flexibility index (Phi) is 7.02. The second-order valence-corrected chi connectivity index (χ2v) is 8.84. The van der Waals surface area contributed by atoms with Gasteiger partial charge in [-0.05, 0) is 79.9 Å². The first-order valence-corrected chi connectivity index (χ1v) is 11.9. The number of carbonyl (C=O) groups is 1. The van der Waals surface area contributed by atoms with Gasteiger partial charge in [0.15, 0.2) is 0 Å². The Morgan fingerprint density at radius 2 is 1.63 bits per heavy atom.